The van der Waals surface area contributed by atoms with E-state index in [2.05, 4.69) is 56.4 Å². The first-order valence-electron chi connectivity index (χ1n) is 10.4. The van der Waals surface area contributed by atoms with Crippen LogP contribution >= 0.6 is 12.4 Å². The molecule has 0 aromatic heterocycles. The average Bonchev–Trinajstić information content (AvgIpc) is 3.11. The number of halogens is 1. The molecule has 6 heteroatoms. The monoisotopic (exact) mass is 432 g/mol. The fourth-order valence-electron chi connectivity index (χ4n) is 4.01. The Labute approximate surface area is 185 Å². The van der Waals surface area contributed by atoms with Crippen molar-refractivity contribution in [1.29, 1.82) is 0 Å². The van der Waals surface area contributed by atoms with Crippen molar-refractivity contribution in [2.75, 3.05) is 13.1 Å². The predicted molar refractivity (Wildman–Crippen MR) is 122 cm³/mol. The molecule has 2 N–H and O–H groups in total. The van der Waals surface area contributed by atoms with Gasteiger partial charge < -0.3 is 20.1 Å². The smallest absolute Gasteiger partial charge is 0.240 e. The number of β-amino-alcohol motifs (C(OH)–C–C–N with tert-alkyl or cyclic N) is 1. The van der Waals surface area contributed by atoms with Gasteiger partial charge in [-0.25, -0.2) is 0 Å². The van der Waals surface area contributed by atoms with Crippen LogP contribution in [0.25, 0.3) is 0 Å². The van der Waals surface area contributed by atoms with Crippen molar-refractivity contribution < 1.29 is 14.6 Å². The number of aliphatic hydroxyl groups is 1. The van der Waals surface area contributed by atoms with Gasteiger partial charge in [-0.15, -0.1) is 12.4 Å². The van der Waals surface area contributed by atoms with E-state index in [0.29, 0.717) is 32.7 Å². The Morgan fingerprint density at radius 3 is 2.43 bits per heavy atom. The van der Waals surface area contributed by atoms with E-state index in [0.717, 1.165) is 28.0 Å². The molecule has 1 saturated heterocycles. The highest BCUT2D eigenvalue weighted by atomic mass is 35.5. The quantitative estimate of drug-likeness (QED) is 0.700. The molecule has 1 amide bonds. The molecule has 0 saturated carbocycles. The van der Waals surface area contributed by atoms with Crippen LogP contribution in [0.4, 0.5) is 0 Å². The number of nitrogens with one attached hydrogen (secondary N) is 1. The van der Waals surface area contributed by atoms with Crippen LogP contribution in [-0.4, -0.2) is 41.1 Å². The molecule has 164 valence electrons. The van der Waals surface area contributed by atoms with Crippen LogP contribution in [0.15, 0.2) is 36.4 Å². The number of likely N-dealkylation sites (N-methyl/N-ethyl adjacent to an activating group) is 1. The highest BCUT2D eigenvalue weighted by molar-refractivity contribution is 5.85. The van der Waals surface area contributed by atoms with E-state index in [9.17, 15) is 9.90 Å². The van der Waals surface area contributed by atoms with E-state index in [1.807, 2.05) is 17.9 Å². The van der Waals surface area contributed by atoms with E-state index in [1.54, 1.807) is 0 Å². The number of aryl methyl sites for hydroxylation is 3. The van der Waals surface area contributed by atoms with Gasteiger partial charge in [0.15, 0.2) is 0 Å². The third-order valence-corrected chi connectivity index (χ3v) is 5.46. The lowest BCUT2D eigenvalue weighted by atomic mass is 10.0. The van der Waals surface area contributed by atoms with Gasteiger partial charge in [-0.05, 0) is 56.4 Å². The van der Waals surface area contributed by atoms with Gasteiger partial charge in [0, 0.05) is 19.6 Å². The maximum atomic E-state index is 12.8. The maximum absolute atomic E-state index is 12.8. The molecule has 0 aliphatic carbocycles. The van der Waals surface area contributed by atoms with Crippen molar-refractivity contribution in [3.05, 3.63) is 64.2 Å². The zero-order valence-electron chi connectivity index (χ0n) is 18.3. The topological polar surface area (TPSA) is 61.8 Å². The number of rotatable bonds is 7. The predicted octanol–water partition coefficient (Wildman–Crippen LogP) is 3.68. The fourth-order valence-corrected chi connectivity index (χ4v) is 4.01. The molecular formula is C24H33ClN2O3. The van der Waals surface area contributed by atoms with Crippen LogP contribution in [0.5, 0.6) is 5.75 Å². The molecule has 1 aliphatic heterocycles. The summed E-state index contributed by atoms with van der Waals surface area (Å²) in [6.07, 6.45) is 0.0519. The van der Waals surface area contributed by atoms with Gasteiger partial charge in [0.1, 0.15) is 12.4 Å². The Bertz CT molecular complexity index is 848. The van der Waals surface area contributed by atoms with Crippen LogP contribution in [0.2, 0.25) is 0 Å². The van der Waals surface area contributed by atoms with Crippen molar-refractivity contribution in [3.63, 3.8) is 0 Å². The standard InChI is InChI=1S/C24H32N2O3.ClH/c1-5-26(24(28)22-12-21(27)13-25-22)14-20-10-17(3)23(18(4)11-20)29-15-19-8-6-7-16(2)9-19;/h6-11,21-22,25,27H,5,12-15H2,1-4H3;1H. The van der Waals surface area contributed by atoms with Gasteiger partial charge in [-0.1, -0.05) is 42.0 Å². The SMILES string of the molecule is CCN(Cc1cc(C)c(OCc2cccc(C)c2)c(C)c1)C(=O)C1CC(O)CN1.Cl. The molecule has 2 atom stereocenters. The largest absolute Gasteiger partial charge is 0.488 e. The molecule has 2 unspecified atom stereocenters. The number of nitrogens with zero attached hydrogens (tertiary/aromatic N) is 1. The number of benzene rings is 2. The summed E-state index contributed by atoms with van der Waals surface area (Å²) >= 11 is 0. The zero-order chi connectivity index (χ0) is 21.0. The minimum absolute atomic E-state index is 0. The Hall–Kier alpha value is -2.08. The van der Waals surface area contributed by atoms with Crippen LogP contribution in [0, 0.1) is 20.8 Å². The number of hydrogen-bond acceptors (Lipinski definition) is 4. The Morgan fingerprint density at radius 2 is 1.87 bits per heavy atom. The molecule has 1 heterocycles. The third-order valence-electron chi connectivity index (χ3n) is 5.46. The summed E-state index contributed by atoms with van der Waals surface area (Å²) in [5.41, 5.74) is 5.62. The lowest BCUT2D eigenvalue weighted by Gasteiger charge is -2.25. The Morgan fingerprint density at radius 1 is 1.17 bits per heavy atom. The number of carbonyl (C=O) groups is 1. The molecule has 2 aromatic rings. The fraction of sp³-hybridized carbons (Fsp3) is 0.458. The van der Waals surface area contributed by atoms with Crippen molar-refractivity contribution in [2.45, 2.75) is 59.4 Å². The van der Waals surface area contributed by atoms with Gasteiger partial charge in [0.25, 0.3) is 0 Å². The minimum atomic E-state index is -0.433. The summed E-state index contributed by atoms with van der Waals surface area (Å²) in [6, 6.07) is 12.3. The highest BCUT2D eigenvalue weighted by Gasteiger charge is 2.30. The van der Waals surface area contributed by atoms with Gasteiger partial charge in [0.05, 0.1) is 12.1 Å². The molecule has 3 rings (SSSR count). The number of carbonyl (C=O) groups excluding carboxylic acids is 1. The van der Waals surface area contributed by atoms with E-state index in [1.165, 1.54) is 5.56 Å². The summed E-state index contributed by atoms with van der Waals surface area (Å²) in [7, 11) is 0. The second-order valence-corrected chi connectivity index (χ2v) is 8.04. The zero-order valence-corrected chi connectivity index (χ0v) is 19.1. The minimum Gasteiger partial charge on any atom is -0.488 e. The second kappa shape index (κ2) is 10.8. The van der Waals surface area contributed by atoms with Gasteiger partial charge in [-0.3, -0.25) is 4.79 Å². The molecule has 0 radical (unpaired) electrons. The molecule has 1 aliphatic rings. The summed E-state index contributed by atoms with van der Waals surface area (Å²) in [5.74, 6) is 0.962. The van der Waals surface area contributed by atoms with Crippen LogP contribution < -0.4 is 10.1 Å². The molecule has 30 heavy (non-hydrogen) atoms. The second-order valence-electron chi connectivity index (χ2n) is 8.04. The Kier molecular flexibility index (Phi) is 8.71. The van der Waals surface area contributed by atoms with E-state index < -0.39 is 6.10 Å². The van der Waals surface area contributed by atoms with Gasteiger partial charge >= 0.3 is 0 Å². The molecule has 1 fully saturated rings. The summed E-state index contributed by atoms with van der Waals surface area (Å²) in [4.78, 5) is 14.6. The van der Waals surface area contributed by atoms with Crippen LogP contribution in [-0.2, 0) is 17.9 Å². The first-order chi connectivity index (χ1) is 13.9. The van der Waals surface area contributed by atoms with Crippen LogP contribution in [0.1, 0.15) is 41.2 Å². The van der Waals surface area contributed by atoms with Crippen LogP contribution in [0.3, 0.4) is 0 Å². The van der Waals surface area contributed by atoms with Crippen molar-refractivity contribution in [2.24, 2.45) is 0 Å². The maximum Gasteiger partial charge on any atom is 0.240 e. The normalized spacial score (nSPS) is 18.0. The van der Waals surface area contributed by atoms with E-state index in [-0.39, 0.29) is 24.4 Å². The van der Waals surface area contributed by atoms with E-state index in [4.69, 9.17) is 4.74 Å². The number of hydrogen-bond donors (Lipinski definition) is 2. The van der Waals surface area contributed by atoms with Crippen molar-refractivity contribution in [1.82, 2.24) is 10.2 Å². The van der Waals surface area contributed by atoms with Crippen molar-refractivity contribution in [3.8, 4) is 5.75 Å². The first kappa shape index (κ1) is 24.2. The van der Waals surface area contributed by atoms with Crippen molar-refractivity contribution >= 4 is 18.3 Å². The number of amides is 1. The van der Waals surface area contributed by atoms with Gasteiger partial charge in [-0.2, -0.15) is 0 Å². The van der Waals surface area contributed by atoms with Gasteiger partial charge in [0.2, 0.25) is 5.91 Å². The molecular weight excluding hydrogens is 400 g/mol. The molecule has 0 bridgehead atoms. The molecule has 5 nitrogen and oxygen atoms in total. The highest BCUT2D eigenvalue weighted by Crippen LogP contribution is 2.27. The van der Waals surface area contributed by atoms with E-state index >= 15 is 0 Å². The third kappa shape index (κ3) is 5.97. The summed E-state index contributed by atoms with van der Waals surface area (Å²) in [5, 5.41) is 12.8. The summed E-state index contributed by atoms with van der Waals surface area (Å²) < 4.78 is 6.12. The average molecular weight is 433 g/mol. The molecule has 2 aromatic carbocycles. The lowest BCUT2D eigenvalue weighted by molar-refractivity contribution is -0.133. The number of aliphatic hydroxyl groups excluding tert-OH is 1. The number of ether oxygens (including phenoxy) is 1. The summed E-state index contributed by atoms with van der Waals surface area (Å²) in [6.45, 7) is 10.4. The Balaban J connectivity index is 0.00000320. The first-order valence-corrected chi connectivity index (χ1v) is 10.4. The molecule has 0 spiro atoms. The lowest BCUT2D eigenvalue weighted by Crippen LogP contribution is -2.43.